The molecule has 5 rings (SSSR count). The molecular formula is C40H47NO4. The van der Waals surface area contributed by atoms with Crippen LogP contribution in [0.4, 0.5) is 0 Å². The molecule has 0 saturated carbocycles. The van der Waals surface area contributed by atoms with E-state index in [2.05, 4.69) is 85.6 Å². The number of aryl methyl sites for hydroxylation is 3. The van der Waals surface area contributed by atoms with Gasteiger partial charge in [0.25, 0.3) is 0 Å². The highest BCUT2D eigenvalue weighted by Gasteiger charge is 2.28. The highest BCUT2D eigenvalue weighted by atomic mass is 16.6. The van der Waals surface area contributed by atoms with Crippen LogP contribution >= 0.6 is 0 Å². The van der Waals surface area contributed by atoms with Crippen molar-refractivity contribution in [1.82, 2.24) is 4.90 Å². The maximum Gasteiger partial charge on any atom is 0.335 e. The number of rotatable bonds is 14. The number of fused-ring (bicyclic) bond motifs is 2. The molecule has 2 unspecified atom stereocenters. The second-order valence-corrected chi connectivity index (χ2v) is 11.9. The van der Waals surface area contributed by atoms with Gasteiger partial charge >= 0.3 is 5.97 Å². The first-order valence-electron chi connectivity index (χ1n) is 16.5. The van der Waals surface area contributed by atoms with Crippen LogP contribution in [0.15, 0.2) is 91.0 Å². The fourth-order valence-corrected chi connectivity index (χ4v) is 6.36. The minimum atomic E-state index is -0.595. The van der Waals surface area contributed by atoms with Gasteiger partial charge in [0.15, 0.2) is 6.10 Å². The van der Waals surface area contributed by atoms with Crippen LogP contribution < -0.4 is 4.74 Å². The summed E-state index contributed by atoms with van der Waals surface area (Å²) >= 11 is 0. The lowest BCUT2D eigenvalue weighted by molar-refractivity contribution is -0.156. The molecule has 2 atom stereocenters. The molecule has 4 aromatic carbocycles. The number of nitrogens with zero attached hydrogens (tertiary/aromatic N) is 1. The van der Waals surface area contributed by atoms with Crippen molar-refractivity contribution >= 4 is 5.97 Å². The summed E-state index contributed by atoms with van der Waals surface area (Å²) in [4.78, 5) is 14.7. The fourth-order valence-electron chi connectivity index (χ4n) is 6.36. The number of esters is 1. The summed E-state index contributed by atoms with van der Waals surface area (Å²) in [5.74, 6) is 0.498. The Morgan fingerprint density at radius 1 is 0.778 bits per heavy atom. The van der Waals surface area contributed by atoms with Gasteiger partial charge < -0.3 is 14.2 Å². The smallest absolute Gasteiger partial charge is 0.335 e. The van der Waals surface area contributed by atoms with E-state index in [0.29, 0.717) is 26.2 Å². The first-order chi connectivity index (χ1) is 22.0. The number of hydrogen-bond acceptors (Lipinski definition) is 5. The summed E-state index contributed by atoms with van der Waals surface area (Å²) in [6.07, 6.45) is 3.96. The van der Waals surface area contributed by atoms with Gasteiger partial charge in [-0.2, -0.15) is 0 Å². The number of carbonyl (C=O) groups is 1. The lowest BCUT2D eigenvalue weighted by Gasteiger charge is -2.31. The normalized spacial score (nSPS) is 14.7. The zero-order chi connectivity index (χ0) is 31.6. The second kappa shape index (κ2) is 15.9. The van der Waals surface area contributed by atoms with Crippen molar-refractivity contribution in [3.63, 3.8) is 0 Å². The molecule has 0 radical (unpaired) electrons. The SMILES string of the molecule is CCOC(=O)C(Cc1ccc(OCCN(C)C2c3ccc(CC)cc3CCc3ccc(Cc4ccccc4)cc32)cc1)OCC. The third-order valence-corrected chi connectivity index (χ3v) is 8.75. The molecule has 1 aliphatic carbocycles. The van der Waals surface area contributed by atoms with E-state index in [9.17, 15) is 4.79 Å². The van der Waals surface area contributed by atoms with Gasteiger partial charge in [-0.05, 0) is 103 Å². The molecule has 0 aromatic heterocycles. The highest BCUT2D eigenvalue weighted by Crippen LogP contribution is 2.37. The molecule has 5 heteroatoms. The standard InChI is InChI=1S/C40H47NO4/c1-5-29-16-22-36-34(26-29)19-18-33-17-13-32(25-30-11-9-8-10-12-30)27-37(33)39(36)41(4)23-24-45-35-20-14-31(15-21-35)28-38(43-6-2)40(42)44-7-3/h8-17,20-22,26-27,38-39H,5-7,18-19,23-25,28H2,1-4H3. The summed E-state index contributed by atoms with van der Waals surface area (Å²) in [6, 6.07) is 33.0. The van der Waals surface area contributed by atoms with Crippen LogP contribution in [0, 0.1) is 0 Å². The maximum atomic E-state index is 12.3. The molecule has 0 fully saturated rings. The molecule has 5 nitrogen and oxygen atoms in total. The van der Waals surface area contributed by atoms with Crippen LogP contribution in [0.5, 0.6) is 5.75 Å². The average molecular weight is 606 g/mol. The van der Waals surface area contributed by atoms with Gasteiger partial charge in [-0.1, -0.05) is 85.8 Å². The summed E-state index contributed by atoms with van der Waals surface area (Å²) in [6.45, 7) is 8.08. The summed E-state index contributed by atoms with van der Waals surface area (Å²) in [5.41, 5.74) is 10.8. The number of ether oxygens (including phenoxy) is 3. The molecule has 4 aromatic rings. The predicted octanol–water partition coefficient (Wildman–Crippen LogP) is 7.55. The quantitative estimate of drug-likeness (QED) is 0.139. The fraction of sp³-hybridized carbons (Fsp3) is 0.375. The Balaban J connectivity index is 1.31. The molecule has 1 aliphatic rings. The van der Waals surface area contributed by atoms with Crippen LogP contribution in [0.2, 0.25) is 0 Å². The molecule has 0 N–H and O–H groups in total. The number of carbonyl (C=O) groups excluding carboxylic acids is 1. The predicted molar refractivity (Wildman–Crippen MR) is 181 cm³/mol. The van der Waals surface area contributed by atoms with Gasteiger partial charge in [-0.15, -0.1) is 0 Å². The molecule has 0 spiro atoms. The van der Waals surface area contributed by atoms with Gasteiger partial charge in [-0.25, -0.2) is 4.79 Å². The Morgan fingerprint density at radius 2 is 1.51 bits per heavy atom. The van der Waals surface area contributed by atoms with Crippen molar-refractivity contribution in [3.8, 4) is 5.75 Å². The Morgan fingerprint density at radius 3 is 2.24 bits per heavy atom. The zero-order valence-electron chi connectivity index (χ0n) is 27.3. The lowest BCUT2D eigenvalue weighted by atomic mass is 9.90. The number of hydrogen-bond donors (Lipinski definition) is 0. The van der Waals surface area contributed by atoms with E-state index in [4.69, 9.17) is 14.2 Å². The van der Waals surface area contributed by atoms with E-state index in [1.165, 1.54) is 38.9 Å². The van der Waals surface area contributed by atoms with Gasteiger partial charge in [-0.3, -0.25) is 4.90 Å². The van der Waals surface area contributed by atoms with E-state index >= 15 is 0 Å². The van der Waals surface area contributed by atoms with Crippen molar-refractivity contribution in [2.75, 3.05) is 33.4 Å². The zero-order valence-corrected chi connectivity index (χ0v) is 27.3. The maximum absolute atomic E-state index is 12.3. The van der Waals surface area contributed by atoms with E-state index in [0.717, 1.165) is 43.5 Å². The van der Waals surface area contributed by atoms with Crippen LogP contribution in [0.3, 0.4) is 0 Å². The molecule has 0 amide bonds. The van der Waals surface area contributed by atoms with Gasteiger partial charge in [0.05, 0.1) is 12.6 Å². The van der Waals surface area contributed by atoms with Crippen molar-refractivity contribution in [3.05, 3.63) is 136 Å². The lowest BCUT2D eigenvalue weighted by Crippen LogP contribution is -2.30. The van der Waals surface area contributed by atoms with Crippen LogP contribution in [-0.4, -0.2) is 50.4 Å². The van der Waals surface area contributed by atoms with Crippen molar-refractivity contribution < 1.29 is 19.0 Å². The number of benzene rings is 4. The molecule has 0 aliphatic heterocycles. The van der Waals surface area contributed by atoms with Crippen LogP contribution in [0.25, 0.3) is 0 Å². The topological polar surface area (TPSA) is 48.0 Å². The van der Waals surface area contributed by atoms with Gasteiger partial charge in [0.1, 0.15) is 12.4 Å². The first kappa shape index (κ1) is 32.5. The molecular weight excluding hydrogens is 558 g/mol. The number of likely N-dealkylation sites (N-methyl/N-ethyl adjacent to an activating group) is 1. The van der Waals surface area contributed by atoms with Crippen LogP contribution in [-0.2, 0) is 46.4 Å². The third kappa shape index (κ3) is 8.42. The third-order valence-electron chi connectivity index (χ3n) is 8.75. The minimum Gasteiger partial charge on any atom is -0.492 e. The van der Waals surface area contributed by atoms with Gasteiger partial charge in [0, 0.05) is 19.6 Å². The summed E-state index contributed by atoms with van der Waals surface area (Å²) in [5, 5.41) is 0. The van der Waals surface area contributed by atoms with E-state index in [1.807, 2.05) is 38.1 Å². The second-order valence-electron chi connectivity index (χ2n) is 11.9. The Bertz CT molecular complexity index is 1530. The molecule has 0 bridgehead atoms. The summed E-state index contributed by atoms with van der Waals surface area (Å²) in [7, 11) is 2.22. The van der Waals surface area contributed by atoms with Crippen LogP contribution in [0.1, 0.15) is 71.3 Å². The Hall–Kier alpha value is -3.93. The largest absolute Gasteiger partial charge is 0.492 e. The van der Waals surface area contributed by atoms with E-state index < -0.39 is 6.10 Å². The van der Waals surface area contributed by atoms with Crippen molar-refractivity contribution in [2.45, 2.75) is 65.0 Å². The molecule has 0 saturated heterocycles. The Kier molecular flexibility index (Phi) is 11.5. The van der Waals surface area contributed by atoms with E-state index in [1.54, 1.807) is 0 Å². The van der Waals surface area contributed by atoms with Gasteiger partial charge in [0.2, 0.25) is 0 Å². The average Bonchev–Trinajstić information content (AvgIpc) is 3.22. The monoisotopic (exact) mass is 605 g/mol. The Labute approximate surface area is 269 Å². The first-order valence-corrected chi connectivity index (χ1v) is 16.5. The summed E-state index contributed by atoms with van der Waals surface area (Å²) < 4.78 is 17.1. The highest BCUT2D eigenvalue weighted by molar-refractivity contribution is 5.75. The van der Waals surface area contributed by atoms with Crippen molar-refractivity contribution in [1.29, 1.82) is 0 Å². The molecule has 236 valence electrons. The van der Waals surface area contributed by atoms with Crippen molar-refractivity contribution in [2.24, 2.45) is 0 Å². The van der Waals surface area contributed by atoms with E-state index in [-0.39, 0.29) is 12.0 Å². The molecule has 45 heavy (non-hydrogen) atoms. The minimum absolute atomic E-state index is 0.156. The molecule has 0 heterocycles.